The Morgan fingerprint density at radius 3 is 0.545 bits per heavy atom. The Morgan fingerprint density at radius 2 is 0.413 bits per heavy atom. The van der Waals surface area contributed by atoms with Crippen molar-refractivity contribution in [1.82, 2.24) is 0 Å². The summed E-state index contributed by atoms with van der Waals surface area (Å²) in [6, 6.07) is 18.8. The summed E-state index contributed by atoms with van der Waals surface area (Å²) in [5.41, 5.74) is 1.37. The van der Waals surface area contributed by atoms with Gasteiger partial charge in [0.25, 0.3) is 0 Å². The van der Waals surface area contributed by atoms with Gasteiger partial charge in [-0.05, 0) is 100 Å². The van der Waals surface area contributed by atoms with Gasteiger partial charge < -0.3 is 53.9 Å². The molecule has 0 aliphatic heterocycles. The van der Waals surface area contributed by atoms with Gasteiger partial charge in [0, 0.05) is 605 Å². The minimum atomic E-state index is -2.15. The van der Waals surface area contributed by atoms with E-state index in [0.717, 1.165) is 72.1 Å². The SMILES string of the molecule is CCOCC.COc1ccccc1[Si@@](C)([N-]C1CCCCCCCCCCC1)C1C(C)C(C)C(C)C1C.COc1ccccc1[Si@@](C)([N-]C1CCCCCCCCCCC1)C1C(C)C(C)C(C)C1C.S=S=S=S=S=S=S=S=S=S=S=S=S=S=S=S=S=S=S=S=S=S=S=S=S=S=S=S=S=S=S=S=S=S=S=S=S=S=S=S=S=S=S=S=S=S=S=S=S=S=S=S=S=S=S=S=S=S=S=S=S=S=S=S=S=S.[CH3-].[CH3-].[CH3-].[CH3-].[Cl][Zr+2][Cl].[HH].[Zr+4]. The van der Waals surface area contributed by atoms with Gasteiger partial charge in [0.15, 0.2) is 0 Å². The molecule has 6 rings (SSSR count). The van der Waals surface area contributed by atoms with Crippen molar-refractivity contribution in [1.29, 1.82) is 0 Å². The average molecular weight is 3420 g/mol. The van der Waals surface area contributed by atoms with E-state index in [4.69, 9.17) is 63.6 Å². The summed E-state index contributed by atoms with van der Waals surface area (Å²) >= 11 is 8.82. The van der Waals surface area contributed by atoms with Crippen LogP contribution in [-0.2, 0) is 643 Å². The number of methoxy groups -OCH3 is 2. The molecular weight excluding hydrogens is 3290 g/mol. The first-order valence-corrected chi connectivity index (χ1v) is 139. The fourth-order valence-corrected chi connectivity index (χ4v) is 196. The molecular formula is C66H124Cl2N2O3S66Si2Zr2. The fraction of sp³-hybridized carbons (Fsp3) is 0.758. The van der Waals surface area contributed by atoms with Crippen molar-refractivity contribution in [3.63, 3.8) is 0 Å². The van der Waals surface area contributed by atoms with Crippen LogP contribution in [0.25, 0.3) is 9.96 Å². The Balaban J connectivity index is -0.000000687. The van der Waals surface area contributed by atoms with Crippen molar-refractivity contribution in [2.24, 2.45) is 47.3 Å². The summed E-state index contributed by atoms with van der Waals surface area (Å²) in [7, 11) is 124. The van der Waals surface area contributed by atoms with E-state index in [1.165, 1.54) is 169 Å². The van der Waals surface area contributed by atoms with E-state index in [-0.39, 0.29) is 57.3 Å². The maximum atomic E-state index is 5.98. The van der Waals surface area contributed by atoms with E-state index in [1.807, 2.05) is 472 Å². The van der Waals surface area contributed by atoms with Gasteiger partial charge in [0.1, 0.15) is 11.5 Å². The molecule has 8 unspecified atom stereocenters. The molecule has 2 aromatic carbocycles. The predicted molar refractivity (Wildman–Crippen MR) is 833 cm³/mol. The zero-order chi connectivity index (χ0) is 100. The van der Waals surface area contributed by atoms with Gasteiger partial charge in [0.05, 0.1) is 14.2 Å². The molecule has 4 aliphatic rings. The van der Waals surface area contributed by atoms with Crippen LogP contribution in [-0.4, -0.2) is 56.0 Å². The van der Waals surface area contributed by atoms with Gasteiger partial charge in [-0.25, -0.2) is 0 Å². The first-order valence-electron chi connectivity index (χ1n) is 40.7. The van der Waals surface area contributed by atoms with Gasteiger partial charge in [-0.15, -0.1) is 12.1 Å². The van der Waals surface area contributed by atoms with E-state index >= 15 is 0 Å². The standard InChI is InChI=1S/2C29H50NOSi.C4H10O.4CH3.2ClH.S66.2Zr.H2/c2*1-22-23(2)25(4)29(24(22)3)32(6,28-21-17-16-20-27(28)31-5)30-26-18-14-12-10-8-7-9-11-13-15-19-26;1-3-5-4-2;;;;;;;1-3-5-7-9-11-13-15-17-19-21-23-25-27-29-31-33-35-37-39-41-43-45-47-49-51-53-55-57-59-61-63-65-66-64-62-60-58-56-54-52-50-48-46-44-42-40-38-36-34-32-30-28-26-24-22-20-18-16-14-12-10-8-6-4-2;;;/h2*16-17,20-26,29H,7-15,18-19H2,1-6H3;3-4H2,1-2H3;4*1H3;2*1H;;;;1H/q2*-1;;4*-1;;;;2*+4;/p-2/t2*22?,23?,24?,25?,29?,32-;;;;;;;;;;;/m11.........../s1. The minimum Gasteiger partial charge on any atom is 0 e. The monoisotopic (exact) mass is 3410 g/mol. The summed E-state index contributed by atoms with van der Waals surface area (Å²) in [4.78, 5) is 12.0. The van der Waals surface area contributed by atoms with Gasteiger partial charge >= 0.3 is 64.1 Å². The van der Waals surface area contributed by atoms with Crippen LogP contribution in [0.5, 0.6) is 11.5 Å². The molecule has 2 aromatic rings. The summed E-state index contributed by atoms with van der Waals surface area (Å²) < 4.78 is 16.7. The number of benzene rings is 2. The normalized spacial score (nSPS) is 18.8. The van der Waals surface area contributed by atoms with Crippen molar-refractivity contribution in [3.05, 3.63) is 88.2 Å². The third-order valence-electron chi connectivity index (χ3n) is 21.1. The van der Waals surface area contributed by atoms with Crippen LogP contribution < -0.4 is 19.8 Å². The van der Waals surface area contributed by atoms with Crippen molar-refractivity contribution in [2.75, 3.05) is 27.4 Å². The molecule has 4 fully saturated rings. The smallest absolute Gasteiger partial charge is 0 e. The number of para-hydroxylation sites is 2. The molecule has 4 aliphatic carbocycles. The third-order valence-corrected chi connectivity index (χ3v) is 171. The molecule has 77 heteroatoms. The number of rotatable bonds is 12. The molecule has 143 heavy (non-hydrogen) atoms. The molecule has 0 N–H and O–H groups in total. The van der Waals surface area contributed by atoms with Crippen molar-refractivity contribution in [3.8, 4) is 11.5 Å². The molecule has 0 heterocycles. The maximum Gasteiger partial charge on any atom is 4.00 e. The van der Waals surface area contributed by atoms with Crippen LogP contribution in [0.2, 0.25) is 24.2 Å². The Bertz CT molecular complexity index is 6960. The first-order chi connectivity index (χ1) is 67.5. The second-order valence-corrected chi connectivity index (χ2v) is 152. The number of nitrogens with zero attached hydrogens (tertiary/aromatic N) is 2. The van der Waals surface area contributed by atoms with E-state index in [9.17, 15) is 0 Å². The number of ether oxygens (including phenoxy) is 3. The molecule has 0 bridgehead atoms. The molecule has 0 spiro atoms. The Labute approximate surface area is 1090 Å². The quantitative estimate of drug-likeness (QED) is 0.157. The number of hydrogen-bond donors (Lipinski definition) is 0. The van der Waals surface area contributed by atoms with Gasteiger partial charge in [-0.2, -0.15) is 0 Å². The van der Waals surface area contributed by atoms with E-state index in [2.05, 4.69) is 117 Å². The first kappa shape index (κ1) is 164. The molecule has 10 atom stereocenters. The summed E-state index contributed by atoms with van der Waals surface area (Å²) in [5.74, 6) is 8.09. The van der Waals surface area contributed by atoms with Crippen LogP contribution in [0.3, 0.4) is 0 Å². The van der Waals surface area contributed by atoms with Gasteiger partial charge in [0.2, 0.25) is 0 Å². The zero-order valence-corrected chi connectivity index (χ0v) is 143. The molecule has 0 aromatic heterocycles. The van der Waals surface area contributed by atoms with E-state index in [0.29, 0.717) is 23.2 Å². The molecule has 5 nitrogen and oxygen atoms in total. The van der Waals surface area contributed by atoms with Crippen LogP contribution in [0.4, 0.5) is 0 Å². The number of hydrogen-bond acceptors (Lipinski definition) is 5. The molecule has 0 saturated heterocycles. The van der Waals surface area contributed by atoms with Crippen LogP contribution in [0.15, 0.2) is 48.5 Å². The summed E-state index contributed by atoms with van der Waals surface area (Å²) in [6.45, 7) is 30.9. The molecule has 4 saturated carbocycles. The molecule has 0 radical (unpaired) electrons. The van der Waals surface area contributed by atoms with Crippen LogP contribution in [0, 0.1) is 77.0 Å². The Morgan fingerprint density at radius 1 is 0.273 bits per heavy atom. The second-order valence-electron chi connectivity index (χ2n) is 27.9. The Kier molecular flexibility index (Phi) is 140. The largest absolute Gasteiger partial charge is 4.00 e. The topological polar surface area (TPSA) is 55.9 Å². The van der Waals surface area contributed by atoms with Gasteiger partial charge in [-0.1, -0.05) is 257 Å². The van der Waals surface area contributed by atoms with Gasteiger partial charge in [-0.3, -0.25) is 0 Å². The maximum absolute atomic E-state index is 5.98. The summed E-state index contributed by atoms with van der Waals surface area (Å²) in [5, 5.41) is 2.89. The Hall–Kier alpha value is 15.2. The number of halogens is 2. The zero-order valence-electron chi connectivity index (χ0n) is 80.3. The van der Waals surface area contributed by atoms with Crippen LogP contribution >= 0.6 is 17.0 Å². The van der Waals surface area contributed by atoms with Crippen molar-refractivity contribution in [2.45, 2.75) is 247 Å². The second kappa shape index (κ2) is 122. The summed E-state index contributed by atoms with van der Waals surface area (Å²) in [6.07, 6.45) is 30.4. The minimum absolute atomic E-state index is 0. The van der Waals surface area contributed by atoms with E-state index < -0.39 is 37.3 Å². The van der Waals surface area contributed by atoms with Crippen LogP contribution in [0.1, 0.15) is 212 Å². The average Bonchev–Trinajstić information content (AvgIpc) is 1.58. The fourth-order valence-electron chi connectivity index (χ4n) is 15.2. The molecule has 0 amide bonds. The van der Waals surface area contributed by atoms with E-state index in [1.54, 1.807) is 107 Å². The molecule has 842 valence electrons. The van der Waals surface area contributed by atoms with Crippen molar-refractivity contribution >= 4 is 635 Å². The predicted octanol–water partition coefficient (Wildman–Crippen LogP) is 21.2. The van der Waals surface area contributed by atoms with Crippen molar-refractivity contribution < 1.29 is 62.7 Å². The third kappa shape index (κ3) is 87.4.